The van der Waals surface area contributed by atoms with Crippen molar-refractivity contribution in [2.24, 2.45) is 7.05 Å². The van der Waals surface area contributed by atoms with E-state index in [1.54, 1.807) is 4.68 Å². The van der Waals surface area contributed by atoms with Gasteiger partial charge in [-0.1, -0.05) is 0 Å². The third-order valence-electron chi connectivity index (χ3n) is 3.90. The van der Waals surface area contributed by atoms with Gasteiger partial charge in [0, 0.05) is 24.7 Å². The molecule has 0 fully saturated rings. The summed E-state index contributed by atoms with van der Waals surface area (Å²) in [6.07, 6.45) is 0.409. The zero-order valence-corrected chi connectivity index (χ0v) is 11.6. The molecule has 1 atom stereocenters. The maximum absolute atomic E-state index is 11.8. The van der Waals surface area contributed by atoms with Crippen molar-refractivity contribution in [2.45, 2.75) is 33.1 Å². The number of fused-ring (bicyclic) bond motifs is 1. The lowest BCUT2D eigenvalue weighted by molar-refractivity contribution is -0.116. The zero-order chi connectivity index (χ0) is 13.7. The minimum absolute atomic E-state index is 0.0118. The normalized spacial score (nSPS) is 18.3. The van der Waals surface area contributed by atoms with E-state index in [4.69, 9.17) is 4.42 Å². The van der Waals surface area contributed by atoms with E-state index in [2.05, 4.69) is 10.4 Å². The molecule has 0 spiro atoms. The Morgan fingerprint density at radius 1 is 1.42 bits per heavy atom. The van der Waals surface area contributed by atoms with Crippen LogP contribution in [-0.4, -0.2) is 15.7 Å². The molecular formula is C14H17N3O2. The largest absolute Gasteiger partial charge is 0.465 e. The van der Waals surface area contributed by atoms with Gasteiger partial charge in [0.2, 0.25) is 5.91 Å². The van der Waals surface area contributed by atoms with Crippen LogP contribution in [0.15, 0.2) is 10.5 Å². The van der Waals surface area contributed by atoms with E-state index in [0.717, 1.165) is 28.3 Å². The van der Waals surface area contributed by atoms with E-state index in [-0.39, 0.29) is 11.8 Å². The maximum atomic E-state index is 11.8. The van der Waals surface area contributed by atoms with E-state index < -0.39 is 0 Å². The number of nitrogens with zero attached hydrogens (tertiary/aromatic N) is 2. The van der Waals surface area contributed by atoms with Crippen molar-refractivity contribution >= 4 is 11.7 Å². The highest BCUT2D eigenvalue weighted by Crippen LogP contribution is 2.39. The topological polar surface area (TPSA) is 60.1 Å². The Balaban J connectivity index is 2.15. The van der Waals surface area contributed by atoms with Gasteiger partial charge >= 0.3 is 0 Å². The average Bonchev–Trinajstić information content (AvgIpc) is 2.81. The molecule has 0 radical (unpaired) electrons. The molecule has 3 rings (SSSR count). The molecule has 1 unspecified atom stereocenters. The van der Waals surface area contributed by atoms with Gasteiger partial charge in [-0.2, -0.15) is 5.10 Å². The second kappa shape index (κ2) is 3.98. The van der Waals surface area contributed by atoms with Crippen LogP contribution in [0.2, 0.25) is 0 Å². The predicted molar refractivity (Wildman–Crippen MR) is 71.2 cm³/mol. The van der Waals surface area contributed by atoms with Crippen LogP contribution in [0.4, 0.5) is 5.82 Å². The van der Waals surface area contributed by atoms with Gasteiger partial charge in [0.1, 0.15) is 11.5 Å². The molecule has 1 aliphatic rings. The highest BCUT2D eigenvalue weighted by Gasteiger charge is 2.33. The zero-order valence-electron chi connectivity index (χ0n) is 11.6. The lowest BCUT2D eigenvalue weighted by Gasteiger charge is -2.20. The van der Waals surface area contributed by atoms with E-state index in [9.17, 15) is 4.79 Å². The first-order chi connectivity index (χ1) is 8.97. The Morgan fingerprint density at radius 2 is 2.16 bits per heavy atom. The van der Waals surface area contributed by atoms with Crippen LogP contribution in [0.25, 0.3) is 0 Å². The molecule has 1 aliphatic heterocycles. The van der Waals surface area contributed by atoms with Gasteiger partial charge in [-0.3, -0.25) is 9.48 Å². The molecule has 0 saturated heterocycles. The SMILES string of the molecule is Cc1cc(C2CC(=O)Nc3nn(C)c(C)c32)oc1C. The molecule has 0 aromatic carbocycles. The minimum atomic E-state index is -0.0372. The first-order valence-corrected chi connectivity index (χ1v) is 6.37. The van der Waals surface area contributed by atoms with Crippen LogP contribution in [0, 0.1) is 20.8 Å². The number of anilines is 1. The summed E-state index contributed by atoms with van der Waals surface area (Å²) in [6.45, 7) is 5.97. The molecule has 3 heterocycles. The molecule has 5 nitrogen and oxygen atoms in total. The highest BCUT2D eigenvalue weighted by molar-refractivity contribution is 5.94. The van der Waals surface area contributed by atoms with Crippen LogP contribution in [0.3, 0.4) is 0 Å². The predicted octanol–water partition coefficient (Wildman–Crippen LogP) is 2.41. The summed E-state index contributed by atoms with van der Waals surface area (Å²) in [4.78, 5) is 11.8. The molecule has 1 amide bonds. The van der Waals surface area contributed by atoms with E-state index >= 15 is 0 Å². The van der Waals surface area contributed by atoms with Crippen molar-refractivity contribution in [3.63, 3.8) is 0 Å². The van der Waals surface area contributed by atoms with Crippen molar-refractivity contribution in [3.8, 4) is 0 Å². The summed E-state index contributed by atoms with van der Waals surface area (Å²) in [7, 11) is 1.88. The molecule has 0 saturated carbocycles. The van der Waals surface area contributed by atoms with E-state index in [0.29, 0.717) is 12.2 Å². The first kappa shape index (κ1) is 12.0. The Bertz CT molecular complexity index is 647. The Morgan fingerprint density at radius 3 is 2.79 bits per heavy atom. The lowest BCUT2D eigenvalue weighted by Crippen LogP contribution is -2.23. The van der Waals surface area contributed by atoms with Crippen molar-refractivity contribution in [2.75, 3.05) is 5.32 Å². The smallest absolute Gasteiger partial charge is 0.226 e. The minimum Gasteiger partial charge on any atom is -0.465 e. The fourth-order valence-corrected chi connectivity index (χ4v) is 2.62. The Hall–Kier alpha value is -2.04. The maximum Gasteiger partial charge on any atom is 0.226 e. The number of carbonyl (C=O) groups is 1. The van der Waals surface area contributed by atoms with E-state index in [1.807, 2.05) is 33.9 Å². The van der Waals surface area contributed by atoms with Crippen LogP contribution in [0.1, 0.15) is 40.7 Å². The van der Waals surface area contributed by atoms with Gasteiger partial charge in [0.25, 0.3) is 0 Å². The Kier molecular flexibility index (Phi) is 2.52. The number of hydrogen-bond donors (Lipinski definition) is 1. The summed E-state index contributed by atoms with van der Waals surface area (Å²) < 4.78 is 7.60. The van der Waals surface area contributed by atoms with Crippen molar-refractivity contribution in [1.29, 1.82) is 0 Å². The molecule has 19 heavy (non-hydrogen) atoms. The number of aryl methyl sites for hydroxylation is 3. The fraction of sp³-hybridized carbons (Fsp3) is 0.429. The first-order valence-electron chi connectivity index (χ1n) is 6.37. The van der Waals surface area contributed by atoms with Gasteiger partial charge in [-0.15, -0.1) is 0 Å². The number of carbonyl (C=O) groups excluding carboxylic acids is 1. The number of nitrogens with one attached hydrogen (secondary N) is 1. The number of rotatable bonds is 1. The van der Waals surface area contributed by atoms with Crippen molar-refractivity contribution < 1.29 is 9.21 Å². The van der Waals surface area contributed by atoms with Gasteiger partial charge < -0.3 is 9.73 Å². The number of amides is 1. The van der Waals surface area contributed by atoms with Crippen molar-refractivity contribution in [1.82, 2.24) is 9.78 Å². The average molecular weight is 259 g/mol. The van der Waals surface area contributed by atoms with Gasteiger partial charge in [0.15, 0.2) is 5.82 Å². The van der Waals surface area contributed by atoms with Crippen LogP contribution in [0.5, 0.6) is 0 Å². The Labute approximate surface area is 111 Å². The molecule has 1 N–H and O–H groups in total. The van der Waals surface area contributed by atoms with Crippen molar-refractivity contribution in [3.05, 3.63) is 34.4 Å². The molecular weight excluding hydrogens is 242 g/mol. The summed E-state index contributed by atoms with van der Waals surface area (Å²) >= 11 is 0. The molecule has 100 valence electrons. The highest BCUT2D eigenvalue weighted by atomic mass is 16.3. The number of hydrogen-bond acceptors (Lipinski definition) is 3. The molecule has 2 aromatic rings. The molecule has 5 heteroatoms. The lowest BCUT2D eigenvalue weighted by atomic mass is 9.90. The number of aromatic nitrogens is 2. The van der Waals surface area contributed by atoms with Crippen LogP contribution >= 0.6 is 0 Å². The van der Waals surface area contributed by atoms with Gasteiger partial charge in [-0.25, -0.2) is 0 Å². The second-order valence-corrected chi connectivity index (χ2v) is 5.16. The fourth-order valence-electron chi connectivity index (χ4n) is 2.62. The van der Waals surface area contributed by atoms with Gasteiger partial charge in [-0.05, 0) is 32.4 Å². The second-order valence-electron chi connectivity index (χ2n) is 5.16. The quantitative estimate of drug-likeness (QED) is 0.855. The van der Waals surface area contributed by atoms with E-state index in [1.165, 1.54) is 0 Å². The van der Waals surface area contributed by atoms with Crippen LogP contribution in [-0.2, 0) is 11.8 Å². The monoisotopic (exact) mass is 259 g/mol. The van der Waals surface area contributed by atoms with Gasteiger partial charge in [0.05, 0.1) is 5.92 Å². The third kappa shape index (κ3) is 1.77. The summed E-state index contributed by atoms with van der Waals surface area (Å²) in [5.74, 6) is 2.37. The summed E-state index contributed by atoms with van der Waals surface area (Å²) in [5, 5.41) is 7.18. The molecule has 0 bridgehead atoms. The number of furan rings is 1. The summed E-state index contributed by atoms with van der Waals surface area (Å²) in [5.41, 5.74) is 3.24. The third-order valence-corrected chi connectivity index (χ3v) is 3.90. The standard InChI is InChI=1S/C14H17N3O2/c1-7-5-11(19-9(7)3)10-6-12(18)15-14-13(10)8(2)17(4)16-14/h5,10H,6H2,1-4H3,(H,15,16,18). The molecule has 0 aliphatic carbocycles. The van der Waals surface area contributed by atoms with Crippen LogP contribution < -0.4 is 5.32 Å². The summed E-state index contributed by atoms with van der Waals surface area (Å²) in [6, 6.07) is 2.02. The molecule has 2 aromatic heterocycles.